The molecule has 1 aromatic heterocycles. The van der Waals surface area contributed by atoms with Gasteiger partial charge < -0.3 is 5.32 Å². The number of hydrogen-bond acceptors (Lipinski definition) is 5. The summed E-state index contributed by atoms with van der Waals surface area (Å²) in [6.07, 6.45) is 0. The van der Waals surface area contributed by atoms with Crippen LogP contribution in [0.5, 0.6) is 0 Å². The average Bonchev–Trinajstić information content (AvgIpc) is 2.66. The first-order chi connectivity index (χ1) is 7.66. The highest BCUT2D eigenvalue weighted by Gasteiger charge is 2.12. The zero-order valence-corrected chi connectivity index (χ0v) is 10.8. The summed E-state index contributed by atoms with van der Waals surface area (Å²) in [5.41, 5.74) is 1.27. The number of aromatic nitrogens is 2. The highest BCUT2D eigenvalue weighted by atomic mass is 79.9. The standard InChI is InChI=1S/C10H8BrN3OS/c1-6(15)9-10(16-14-13-9)12-8-4-2-3-7(11)5-8/h2-5,12H,1H3. The van der Waals surface area contributed by atoms with Gasteiger partial charge in [-0.25, -0.2) is 0 Å². The number of carbonyl (C=O) groups is 1. The molecule has 0 unspecified atom stereocenters. The molecule has 0 radical (unpaired) electrons. The Morgan fingerprint density at radius 3 is 3.00 bits per heavy atom. The zero-order valence-electron chi connectivity index (χ0n) is 8.40. The van der Waals surface area contributed by atoms with Crippen LogP contribution in [0.1, 0.15) is 17.4 Å². The highest BCUT2D eigenvalue weighted by Crippen LogP contribution is 2.25. The van der Waals surface area contributed by atoms with Crippen LogP contribution in [-0.4, -0.2) is 15.4 Å². The fourth-order valence-electron chi connectivity index (χ4n) is 1.20. The van der Waals surface area contributed by atoms with E-state index >= 15 is 0 Å². The Balaban J connectivity index is 2.27. The Bertz CT molecular complexity index is 526. The van der Waals surface area contributed by atoms with Crippen LogP contribution in [0.3, 0.4) is 0 Å². The third-order valence-electron chi connectivity index (χ3n) is 1.90. The van der Waals surface area contributed by atoms with E-state index in [9.17, 15) is 4.79 Å². The van der Waals surface area contributed by atoms with Crippen LogP contribution in [0, 0.1) is 0 Å². The molecule has 0 saturated heterocycles. The minimum absolute atomic E-state index is 0.0914. The fourth-order valence-corrected chi connectivity index (χ4v) is 2.24. The molecule has 0 amide bonds. The lowest BCUT2D eigenvalue weighted by Gasteiger charge is -2.03. The largest absolute Gasteiger partial charge is 0.344 e. The van der Waals surface area contributed by atoms with Gasteiger partial charge in [0.15, 0.2) is 11.5 Å². The van der Waals surface area contributed by atoms with Crippen LogP contribution in [0.4, 0.5) is 10.7 Å². The molecule has 2 rings (SSSR count). The maximum absolute atomic E-state index is 11.2. The molecular formula is C10H8BrN3OS. The topological polar surface area (TPSA) is 54.9 Å². The van der Waals surface area contributed by atoms with Gasteiger partial charge in [-0.3, -0.25) is 4.79 Å². The number of rotatable bonds is 3. The third kappa shape index (κ3) is 2.45. The Kier molecular flexibility index (Phi) is 3.31. The lowest BCUT2D eigenvalue weighted by molar-refractivity contribution is 0.101. The Hall–Kier alpha value is -1.27. The average molecular weight is 298 g/mol. The summed E-state index contributed by atoms with van der Waals surface area (Å²) in [5.74, 6) is -0.0914. The monoisotopic (exact) mass is 297 g/mol. The van der Waals surface area contributed by atoms with Gasteiger partial charge >= 0.3 is 0 Å². The number of Topliss-reactive ketones (excluding diaryl/α,β-unsaturated/α-hetero) is 1. The summed E-state index contributed by atoms with van der Waals surface area (Å²) in [4.78, 5) is 11.2. The van der Waals surface area contributed by atoms with E-state index in [0.717, 1.165) is 10.2 Å². The van der Waals surface area contributed by atoms with Crippen LogP contribution >= 0.6 is 27.5 Å². The van der Waals surface area contributed by atoms with Crippen molar-refractivity contribution in [2.45, 2.75) is 6.92 Å². The number of anilines is 2. The molecule has 0 spiro atoms. The highest BCUT2D eigenvalue weighted by molar-refractivity contribution is 9.10. The molecular weight excluding hydrogens is 290 g/mol. The number of nitrogens with zero attached hydrogens (tertiary/aromatic N) is 2. The third-order valence-corrected chi connectivity index (χ3v) is 3.04. The zero-order chi connectivity index (χ0) is 11.5. The van der Waals surface area contributed by atoms with E-state index in [2.05, 4.69) is 30.8 Å². The van der Waals surface area contributed by atoms with Crippen LogP contribution < -0.4 is 5.32 Å². The smallest absolute Gasteiger partial charge is 0.183 e. The molecule has 6 heteroatoms. The molecule has 1 heterocycles. The summed E-state index contributed by atoms with van der Waals surface area (Å²) in [6, 6.07) is 7.67. The van der Waals surface area contributed by atoms with Gasteiger partial charge in [0.2, 0.25) is 0 Å². The molecule has 0 fully saturated rings. The molecule has 0 saturated carbocycles. The number of benzene rings is 1. The maximum Gasteiger partial charge on any atom is 0.183 e. The van der Waals surface area contributed by atoms with Crippen molar-refractivity contribution in [2.24, 2.45) is 0 Å². The van der Waals surface area contributed by atoms with E-state index in [4.69, 9.17) is 0 Å². The summed E-state index contributed by atoms with van der Waals surface area (Å²) in [7, 11) is 0. The summed E-state index contributed by atoms with van der Waals surface area (Å²) < 4.78 is 4.73. The molecule has 0 aliphatic carbocycles. The minimum Gasteiger partial charge on any atom is -0.344 e. The van der Waals surface area contributed by atoms with Gasteiger partial charge in [-0.15, -0.1) is 5.10 Å². The lowest BCUT2D eigenvalue weighted by atomic mass is 10.3. The van der Waals surface area contributed by atoms with Crippen LogP contribution in [0.15, 0.2) is 28.7 Å². The predicted molar refractivity (Wildman–Crippen MR) is 67.3 cm³/mol. The number of hydrogen-bond donors (Lipinski definition) is 1. The van der Waals surface area contributed by atoms with Crippen LogP contribution in [0.25, 0.3) is 0 Å². The van der Waals surface area contributed by atoms with Gasteiger partial charge in [-0.1, -0.05) is 26.5 Å². The quantitative estimate of drug-likeness (QED) is 0.884. The number of ketones is 1. The van der Waals surface area contributed by atoms with Crippen molar-refractivity contribution in [1.82, 2.24) is 9.59 Å². The van der Waals surface area contributed by atoms with E-state index in [1.165, 1.54) is 18.5 Å². The van der Waals surface area contributed by atoms with E-state index in [0.29, 0.717) is 10.7 Å². The Morgan fingerprint density at radius 1 is 1.50 bits per heavy atom. The van der Waals surface area contributed by atoms with E-state index in [-0.39, 0.29) is 5.78 Å². The second kappa shape index (κ2) is 4.71. The normalized spacial score (nSPS) is 10.1. The first-order valence-corrected chi connectivity index (χ1v) is 6.09. The second-order valence-electron chi connectivity index (χ2n) is 3.14. The minimum atomic E-state index is -0.0914. The first kappa shape index (κ1) is 11.2. The number of halogens is 1. The Labute approximate surface area is 105 Å². The number of carbonyl (C=O) groups excluding carboxylic acids is 1. The van der Waals surface area contributed by atoms with Crippen molar-refractivity contribution in [3.63, 3.8) is 0 Å². The molecule has 16 heavy (non-hydrogen) atoms. The Morgan fingerprint density at radius 2 is 2.31 bits per heavy atom. The van der Waals surface area contributed by atoms with Gasteiger partial charge in [0, 0.05) is 28.6 Å². The van der Waals surface area contributed by atoms with Gasteiger partial charge in [0.1, 0.15) is 5.00 Å². The van der Waals surface area contributed by atoms with Crippen molar-refractivity contribution in [2.75, 3.05) is 5.32 Å². The van der Waals surface area contributed by atoms with Gasteiger partial charge in [0.05, 0.1) is 0 Å². The summed E-state index contributed by atoms with van der Waals surface area (Å²) in [5, 5.41) is 7.57. The molecule has 0 aliphatic rings. The van der Waals surface area contributed by atoms with Crippen LogP contribution in [-0.2, 0) is 0 Å². The molecule has 1 aromatic carbocycles. The molecule has 0 aliphatic heterocycles. The summed E-state index contributed by atoms with van der Waals surface area (Å²) in [6.45, 7) is 1.48. The van der Waals surface area contributed by atoms with E-state index in [1.807, 2.05) is 24.3 Å². The van der Waals surface area contributed by atoms with Crippen molar-refractivity contribution in [1.29, 1.82) is 0 Å². The lowest BCUT2D eigenvalue weighted by Crippen LogP contribution is -1.98. The molecule has 82 valence electrons. The van der Waals surface area contributed by atoms with Crippen molar-refractivity contribution >= 4 is 43.9 Å². The van der Waals surface area contributed by atoms with Crippen molar-refractivity contribution < 1.29 is 4.79 Å². The SMILES string of the molecule is CC(=O)c1nnsc1Nc1cccc(Br)c1. The maximum atomic E-state index is 11.2. The van der Waals surface area contributed by atoms with E-state index < -0.39 is 0 Å². The fraction of sp³-hybridized carbons (Fsp3) is 0.100. The van der Waals surface area contributed by atoms with Gasteiger partial charge in [0.25, 0.3) is 0 Å². The van der Waals surface area contributed by atoms with Gasteiger partial charge in [-0.05, 0) is 18.2 Å². The second-order valence-corrected chi connectivity index (χ2v) is 4.81. The first-order valence-electron chi connectivity index (χ1n) is 4.52. The molecule has 1 N–H and O–H groups in total. The van der Waals surface area contributed by atoms with Crippen molar-refractivity contribution in [3.05, 3.63) is 34.4 Å². The number of nitrogens with one attached hydrogen (secondary N) is 1. The van der Waals surface area contributed by atoms with Gasteiger partial charge in [-0.2, -0.15) is 0 Å². The molecule has 2 aromatic rings. The molecule has 0 atom stereocenters. The van der Waals surface area contributed by atoms with E-state index in [1.54, 1.807) is 0 Å². The molecule has 0 bridgehead atoms. The molecule has 4 nitrogen and oxygen atoms in total. The predicted octanol–water partition coefficient (Wildman–Crippen LogP) is 3.25. The summed E-state index contributed by atoms with van der Waals surface area (Å²) >= 11 is 4.55. The van der Waals surface area contributed by atoms with Crippen molar-refractivity contribution in [3.8, 4) is 0 Å². The van der Waals surface area contributed by atoms with Crippen LogP contribution in [0.2, 0.25) is 0 Å².